The Balaban J connectivity index is 2.32. The Kier molecular flexibility index (Phi) is 7.54. The first kappa shape index (κ1) is 22.9. The Morgan fingerprint density at radius 3 is 2.33 bits per heavy atom. The Bertz CT molecular complexity index is 906. The molecule has 1 amide bonds. The summed E-state index contributed by atoms with van der Waals surface area (Å²) in [6, 6.07) is 12.5. The number of nitrogens with one attached hydrogen (secondary N) is 1. The van der Waals surface area contributed by atoms with Gasteiger partial charge in [-0.2, -0.15) is 0 Å². The van der Waals surface area contributed by atoms with Crippen LogP contribution in [-0.4, -0.2) is 34.8 Å². The zero-order valence-electron chi connectivity index (χ0n) is 17.2. The molecule has 0 saturated heterocycles. The van der Waals surface area contributed by atoms with Crippen LogP contribution in [-0.2, 0) is 27.3 Å². The second-order valence-corrected chi connectivity index (χ2v) is 7.68. The topological polar surface area (TPSA) is 128 Å². The highest BCUT2D eigenvalue weighted by molar-refractivity contribution is 6.01. The number of carbonyl (C=O) groups excluding carboxylic acids is 2. The van der Waals surface area contributed by atoms with Crippen molar-refractivity contribution in [2.45, 2.75) is 45.4 Å². The molecule has 2 rings (SSSR count). The Labute approximate surface area is 175 Å². The number of hydrogen-bond acceptors (Lipinski definition) is 6. The first-order chi connectivity index (χ1) is 14.1. The predicted molar refractivity (Wildman–Crippen MR) is 111 cm³/mol. The highest BCUT2D eigenvalue weighted by atomic mass is 16.6. The van der Waals surface area contributed by atoms with Crippen molar-refractivity contribution in [1.29, 1.82) is 0 Å². The summed E-state index contributed by atoms with van der Waals surface area (Å²) in [5.41, 5.74) is 6.24. The van der Waals surface area contributed by atoms with E-state index in [1.807, 2.05) is 18.2 Å². The van der Waals surface area contributed by atoms with E-state index in [4.69, 9.17) is 20.3 Å². The SMILES string of the molecule is CC(C)(C)OC(=O)Nc1cccc(C[C@@H](N)C(=O)O)c1C(=O)OCc1ccccc1. The summed E-state index contributed by atoms with van der Waals surface area (Å²) in [7, 11) is 0. The summed E-state index contributed by atoms with van der Waals surface area (Å²) < 4.78 is 10.6. The van der Waals surface area contributed by atoms with E-state index >= 15 is 0 Å². The fraction of sp³-hybridized carbons (Fsp3) is 0.318. The van der Waals surface area contributed by atoms with Crippen molar-refractivity contribution in [1.82, 2.24) is 0 Å². The fourth-order valence-corrected chi connectivity index (χ4v) is 2.65. The van der Waals surface area contributed by atoms with Gasteiger partial charge in [-0.15, -0.1) is 0 Å². The first-order valence-corrected chi connectivity index (χ1v) is 9.38. The molecule has 0 bridgehead atoms. The second kappa shape index (κ2) is 9.89. The Morgan fingerprint density at radius 2 is 1.73 bits per heavy atom. The average Bonchev–Trinajstić information content (AvgIpc) is 2.65. The number of carboxylic acids is 1. The molecular formula is C22H26N2O6. The van der Waals surface area contributed by atoms with Gasteiger partial charge in [-0.1, -0.05) is 42.5 Å². The van der Waals surface area contributed by atoms with Crippen LogP contribution >= 0.6 is 0 Å². The quantitative estimate of drug-likeness (QED) is 0.593. The van der Waals surface area contributed by atoms with Crippen LogP contribution in [0.4, 0.5) is 10.5 Å². The molecule has 2 aromatic carbocycles. The number of ether oxygens (including phenoxy) is 2. The third-order valence-corrected chi connectivity index (χ3v) is 3.96. The van der Waals surface area contributed by atoms with Crippen molar-refractivity contribution >= 4 is 23.7 Å². The summed E-state index contributed by atoms with van der Waals surface area (Å²) in [5, 5.41) is 11.7. The van der Waals surface area contributed by atoms with Crippen molar-refractivity contribution in [2.24, 2.45) is 5.73 Å². The van der Waals surface area contributed by atoms with Crippen LogP contribution < -0.4 is 11.1 Å². The molecule has 1 atom stereocenters. The number of carbonyl (C=O) groups is 3. The maximum absolute atomic E-state index is 12.9. The van der Waals surface area contributed by atoms with Gasteiger partial charge in [0, 0.05) is 0 Å². The van der Waals surface area contributed by atoms with Gasteiger partial charge in [0.05, 0.1) is 11.3 Å². The van der Waals surface area contributed by atoms with E-state index in [1.54, 1.807) is 45.0 Å². The summed E-state index contributed by atoms with van der Waals surface area (Å²) in [5.74, 6) is -1.91. The number of anilines is 1. The first-order valence-electron chi connectivity index (χ1n) is 9.38. The van der Waals surface area contributed by atoms with Gasteiger partial charge in [-0.3, -0.25) is 10.1 Å². The number of nitrogens with two attached hydrogens (primary N) is 1. The van der Waals surface area contributed by atoms with E-state index in [9.17, 15) is 14.4 Å². The molecule has 0 aliphatic heterocycles. The molecule has 30 heavy (non-hydrogen) atoms. The van der Waals surface area contributed by atoms with Crippen LogP contribution in [0.3, 0.4) is 0 Å². The van der Waals surface area contributed by atoms with Crippen molar-refractivity contribution in [3.63, 3.8) is 0 Å². The fourth-order valence-electron chi connectivity index (χ4n) is 2.65. The molecule has 4 N–H and O–H groups in total. The summed E-state index contributed by atoms with van der Waals surface area (Å²) >= 11 is 0. The van der Waals surface area contributed by atoms with Gasteiger partial charge in [-0.05, 0) is 44.4 Å². The minimum absolute atomic E-state index is 0.0187. The van der Waals surface area contributed by atoms with E-state index < -0.39 is 29.7 Å². The van der Waals surface area contributed by atoms with Crippen molar-refractivity contribution in [3.05, 3.63) is 65.2 Å². The lowest BCUT2D eigenvalue weighted by Crippen LogP contribution is -2.33. The standard InChI is InChI=1S/C22H26N2O6/c1-22(2,3)30-21(28)24-17-11-7-10-15(12-16(23)19(25)26)18(17)20(27)29-13-14-8-5-4-6-9-14/h4-11,16H,12-13,23H2,1-3H3,(H,24,28)(H,25,26)/t16-/m1/s1. The van der Waals surface area contributed by atoms with E-state index in [0.717, 1.165) is 5.56 Å². The van der Waals surface area contributed by atoms with Crippen molar-refractivity contribution in [2.75, 3.05) is 5.32 Å². The molecule has 160 valence electrons. The van der Waals surface area contributed by atoms with Gasteiger partial charge in [0.1, 0.15) is 18.2 Å². The Hall–Kier alpha value is -3.39. The molecule has 0 aliphatic carbocycles. The number of benzene rings is 2. The van der Waals surface area contributed by atoms with Gasteiger partial charge >= 0.3 is 18.0 Å². The lowest BCUT2D eigenvalue weighted by atomic mass is 9.99. The van der Waals surface area contributed by atoms with Crippen LogP contribution in [0.5, 0.6) is 0 Å². The van der Waals surface area contributed by atoms with Gasteiger partial charge in [-0.25, -0.2) is 9.59 Å². The molecule has 0 radical (unpaired) electrons. The highest BCUT2D eigenvalue weighted by Crippen LogP contribution is 2.24. The molecule has 8 nitrogen and oxygen atoms in total. The normalized spacial score (nSPS) is 12.0. The minimum Gasteiger partial charge on any atom is -0.480 e. The number of hydrogen-bond donors (Lipinski definition) is 3. The van der Waals surface area contributed by atoms with Crippen molar-refractivity contribution in [3.8, 4) is 0 Å². The smallest absolute Gasteiger partial charge is 0.412 e. The van der Waals surface area contributed by atoms with Crippen LogP contribution in [0.1, 0.15) is 42.3 Å². The van der Waals surface area contributed by atoms with Crippen molar-refractivity contribution < 1.29 is 29.0 Å². The number of carboxylic acid groups (broad SMARTS) is 1. The zero-order chi connectivity index (χ0) is 22.3. The third-order valence-electron chi connectivity index (χ3n) is 3.96. The lowest BCUT2D eigenvalue weighted by molar-refractivity contribution is -0.138. The lowest BCUT2D eigenvalue weighted by Gasteiger charge is -2.21. The average molecular weight is 414 g/mol. The minimum atomic E-state index is -1.22. The molecule has 0 unspecified atom stereocenters. The van der Waals surface area contributed by atoms with Crippen LogP contribution in [0.15, 0.2) is 48.5 Å². The maximum Gasteiger partial charge on any atom is 0.412 e. The largest absolute Gasteiger partial charge is 0.480 e. The third kappa shape index (κ3) is 6.89. The number of rotatable bonds is 7. The molecule has 0 aromatic heterocycles. The highest BCUT2D eigenvalue weighted by Gasteiger charge is 2.24. The van der Waals surface area contributed by atoms with Gasteiger partial charge < -0.3 is 20.3 Å². The molecular weight excluding hydrogens is 388 g/mol. The Morgan fingerprint density at radius 1 is 1.07 bits per heavy atom. The molecule has 0 saturated carbocycles. The molecule has 0 aliphatic rings. The second-order valence-electron chi connectivity index (χ2n) is 7.68. The monoisotopic (exact) mass is 414 g/mol. The maximum atomic E-state index is 12.9. The van der Waals surface area contributed by atoms with Gasteiger partial charge in [0.2, 0.25) is 0 Å². The molecule has 0 fully saturated rings. The van der Waals surface area contributed by atoms with E-state index in [1.165, 1.54) is 6.07 Å². The van der Waals surface area contributed by atoms with E-state index in [-0.39, 0.29) is 24.3 Å². The summed E-state index contributed by atoms with van der Waals surface area (Å²) in [4.78, 5) is 36.3. The van der Waals surface area contributed by atoms with Gasteiger partial charge in [0.25, 0.3) is 0 Å². The van der Waals surface area contributed by atoms with Crippen LogP contribution in [0.25, 0.3) is 0 Å². The summed E-state index contributed by atoms with van der Waals surface area (Å²) in [6.45, 7) is 5.16. The summed E-state index contributed by atoms with van der Waals surface area (Å²) in [6.07, 6.45) is -0.867. The molecule has 0 spiro atoms. The van der Waals surface area contributed by atoms with Crippen LogP contribution in [0.2, 0.25) is 0 Å². The van der Waals surface area contributed by atoms with E-state index in [2.05, 4.69) is 5.32 Å². The molecule has 2 aromatic rings. The molecule has 8 heteroatoms. The zero-order valence-corrected chi connectivity index (χ0v) is 17.2. The molecule has 0 heterocycles. The predicted octanol–water partition coefficient (Wildman–Crippen LogP) is 3.35. The number of esters is 1. The number of amides is 1. The van der Waals surface area contributed by atoms with E-state index in [0.29, 0.717) is 5.56 Å². The van der Waals surface area contributed by atoms with Crippen LogP contribution in [0, 0.1) is 0 Å². The number of aliphatic carboxylic acids is 1. The van der Waals surface area contributed by atoms with Gasteiger partial charge in [0.15, 0.2) is 0 Å².